The van der Waals surface area contributed by atoms with Crippen molar-refractivity contribution in [2.24, 2.45) is 0 Å². The number of anilines is 1. The molecule has 0 aliphatic rings. The van der Waals surface area contributed by atoms with Crippen LogP contribution in [0, 0.1) is 17.0 Å². The number of aryl methyl sites for hydroxylation is 1. The molecule has 106 valence electrons. The topological polar surface area (TPSA) is 123 Å². The second-order valence-electron chi connectivity index (χ2n) is 3.86. The molecule has 0 atom stereocenters. The number of nitro groups is 1. The van der Waals surface area contributed by atoms with Gasteiger partial charge in [0.05, 0.1) is 4.92 Å². The van der Waals surface area contributed by atoms with Gasteiger partial charge in [-0.05, 0) is 25.1 Å². The zero-order valence-corrected chi connectivity index (χ0v) is 11.8. The summed E-state index contributed by atoms with van der Waals surface area (Å²) < 4.78 is 0. The normalized spacial score (nSPS) is 10.5. The van der Waals surface area contributed by atoms with Gasteiger partial charge in [0.2, 0.25) is 5.95 Å². The molecule has 2 rings (SSSR count). The van der Waals surface area contributed by atoms with Crippen molar-refractivity contribution in [2.75, 3.05) is 11.9 Å². The van der Waals surface area contributed by atoms with Crippen molar-refractivity contribution < 1.29 is 4.92 Å². The van der Waals surface area contributed by atoms with Crippen LogP contribution in [0.4, 0.5) is 11.6 Å². The van der Waals surface area contributed by atoms with E-state index in [1.165, 1.54) is 6.33 Å². The van der Waals surface area contributed by atoms with Gasteiger partial charge in [0.25, 0.3) is 0 Å². The number of hydrogen-bond acceptors (Lipinski definition) is 8. The fourth-order valence-corrected chi connectivity index (χ4v) is 2.31. The monoisotopic (exact) mass is 295 g/mol. The van der Waals surface area contributed by atoms with Crippen molar-refractivity contribution in [1.29, 1.82) is 0 Å². The van der Waals surface area contributed by atoms with E-state index < -0.39 is 4.92 Å². The van der Waals surface area contributed by atoms with Crippen LogP contribution < -0.4 is 5.32 Å². The molecule has 0 bridgehead atoms. The van der Waals surface area contributed by atoms with Crippen molar-refractivity contribution in [3.63, 3.8) is 0 Å². The largest absolute Gasteiger partial charge is 0.354 e. The summed E-state index contributed by atoms with van der Waals surface area (Å²) in [4.78, 5) is 22.9. The third kappa shape index (κ3) is 3.20. The summed E-state index contributed by atoms with van der Waals surface area (Å²) in [6.45, 7) is 4.29. The lowest BCUT2D eigenvalue weighted by Crippen LogP contribution is -2.08. The summed E-state index contributed by atoms with van der Waals surface area (Å²) in [7, 11) is 0. The summed E-state index contributed by atoms with van der Waals surface area (Å²) in [6.07, 6.45) is 2.24. The van der Waals surface area contributed by atoms with Crippen molar-refractivity contribution in [3.8, 4) is 0 Å². The Morgan fingerprint density at radius 1 is 1.50 bits per heavy atom. The number of H-pyrrole nitrogens is 1. The third-order valence-corrected chi connectivity index (χ3v) is 3.20. The summed E-state index contributed by atoms with van der Waals surface area (Å²) in [6, 6.07) is 0. The lowest BCUT2D eigenvalue weighted by atomic mass is 10.4. The average molecular weight is 295 g/mol. The molecule has 0 saturated heterocycles. The molecule has 2 aromatic rings. The highest BCUT2D eigenvalue weighted by molar-refractivity contribution is 7.99. The van der Waals surface area contributed by atoms with Crippen molar-refractivity contribution in [2.45, 2.75) is 30.5 Å². The smallest absolute Gasteiger partial charge is 0.322 e. The van der Waals surface area contributed by atoms with E-state index >= 15 is 0 Å². The van der Waals surface area contributed by atoms with Crippen LogP contribution in [-0.4, -0.2) is 36.6 Å². The molecular weight excluding hydrogens is 282 g/mol. The Morgan fingerprint density at radius 2 is 2.30 bits per heavy atom. The van der Waals surface area contributed by atoms with Crippen molar-refractivity contribution in [3.05, 3.63) is 22.1 Å². The number of hydrogen-bond donors (Lipinski definition) is 2. The number of rotatable bonds is 6. The molecular formula is C10H13N7O2S. The van der Waals surface area contributed by atoms with E-state index in [0.29, 0.717) is 23.3 Å². The highest BCUT2D eigenvalue weighted by Crippen LogP contribution is 2.33. The van der Waals surface area contributed by atoms with E-state index in [9.17, 15) is 10.1 Å². The molecule has 2 N–H and O–H groups in total. The van der Waals surface area contributed by atoms with E-state index in [4.69, 9.17) is 0 Å². The van der Waals surface area contributed by atoms with Crippen molar-refractivity contribution in [1.82, 2.24) is 25.1 Å². The second kappa shape index (κ2) is 6.28. The van der Waals surface area contributed by atoms with Gasteiger partial charge >= 0.3 is 5.69 Å². The number of nitrogens with zero attached hydrogens (tertiary/aromatic N) is 5. The second-order valence-corrected chi connectivity index (χ2v) is 4.84. The summed E-state index contributed by atoms with van der Waals surface area (Å²) >= 11 is 1.05. The van der Waals surface area contributed by atoms with Gasteiger partial charge < -0.3 is 5.32 Å². The zero-order chi connectivity index (χ0) is 14.5. The molecule has 0 aliphatic carbocycles. The minimum Gasteiger partial charge on any atom is -0.354 e. The Labute approximate surface area is 118 Å². The number of aromatic nitrogens is 5. The molecule has 0 radical (unpaired) electrons. The van der Waals surface area contributed by atoms with Crippen LogP contribution in [0.15, 0.2) is 16.5 Å². The van der Waals surface area contributed by atoms with Crippen LogP contribution in [0.3, 0.4) is 0 Å². The molecule has 2 heterocycles. The molecule has 20 heavy (non-hydrogen) atoms. The maximum Gasteiger partial charge on any atom is 0.322 e. The highest BCUT2D eigenvalue weighted by Gasteiger charge is 2.23. The number of aromatic amines is 1. The Hall–Kier alpha value is -2.23. The fraction of sp³-hybridized carbons (Fsp3) is 0.400. The van der Waals surface area contributed by atoms with Gasteiger partial charge in [-0.25, -0.2) is 9.97 Å². The van der Waals surface area contributed by atoms with Crippen LogP contribution in [0.1, 0.15) is 19.0 Å². The first-order valence-electron chi connectivity index (χ1n) is 5.92. The van der Waals surface area contributed by atoms with Crippen LogP contribution >= 0.6 is 11.8 Å². The maximum absolute atomic E-state index is 11.1. The Morgan fingerprint density at radius 3 is 2.90 bits per heavy atom. The van der Waals surface area contributed by atoms with E-state index in [0.717, 1.165) is 18.2 Å². The predicted molar refractivity (Wildman–Crippen MR) is 72.7 cm³/mol. The first-order valence-corrected chi connectivity index (χ1v) is 6.73. The molecule has 10 heteroatoms. The van der Waals surface area contributed by atoms with E-state index in [2.05, 4.69) is 30.5 Å². The van der Waals surface area contributed by atoms with Crippen LogP contribution in [0.5, 0.6) is 0 Å². The molecule has 9 nitrogen and oxygen atoms in total. The van der Waals surface area contributed by atoms with E-state index in [1.54, 1.807) is 6.92 Å². The van der Waals surface area contributed by atoms with Crippen LogP contribution in [-0.2, 0) is 0 Å². The van der Waals surface area contributed by atoms with Gasteiger partial charge in [-0.3, -0.25) is 15.2 Å². The molecule has 0 aromatic carbocycles. The first-order chi connectivity index (χ1) is 9.61. The average Bonchev–Trinajstić information content (AvgIpc) is 2.88. The molecule has 0 unspecified atom stereocenters. The third-order valence-electron chi connectivity index (χ3n) is 2.33. The van der Waals surface area contributed by atoms with Gasteiger partial charge in [-0.1, -0.05) is 6.92 Å². The number of nitrogens with one attached hydrogen (secondary N) is 2. The van der Waals surface area contributed by atoms with E-state index in [-0.39, 0.29) is 10.7 Å². The van der Waals surface area contributed by atoms with Gasteiger partial charge in [-0.15, -0.1) is 0 Å². The highest BCUT2D eigenvalue weighted by atomic mass is 32.2. The van der Waals surface area contributed by atoms with Crippen molar-refractivity contribution >= 4 is 23.4 Å². The Kier molecular flexibility index (Phi) is 4.45. The maximum atomic E-state index is 11.1. The van der Waals surface area contributed by atoms with Gasteiger partial charge in [0.1, 0.15) is 12.0 Å². The van der Waals surface area contributed by atoms with Crippen LogP contribution in [0.25, 0.3) is 0 Å². The molecule has 0 saturated carbocycles. The Bertz CT molecular complexity index is 602. The fourth-order valence-electron chi connectivity index (χ4n) is 1.47. The SMILES string of the molecule is CCCNc1nc(C)c([N+](=O)[O-])c(Sc2ncn[nH]2)n1. The predicted octanol–water partition coefficient (Wildman–Crippen LogP) is 1.78. The van der Waals surface area contributed by atoms with Gasteiger partial charge in [-0.2, -0.15) is 10.1 Å². The molecule has 0 fully saturated rings. The lowest BCUT2D eigenvalue weighted by molar-refractivity contribution is -0.389. The summed E-state index contributed by atoms with van der Waals surface area (Å²) in [5.41, 5.74) is 0.194. The standard InChI is InChI=1S/C10H13N7O2S/c1-3-4-11-9-14-6(2)7(17(18)19)8(15-9)20-10-12-5-13-16-10/h5H,3-4H2,1-2H3,(H,11,14,15)(H,12,13,16). The molecule has 2 aromatic heterocycles. The minimum atomic E-state index is -0.488. The Balaban J connectivity index is 2.38. The minimum absolute atomic E-state index is 0.117. The summed E-state index contributed by atoms with van der Waals surface area (Å²) in [5, 5.41) is 21.2. The first kappa shape index (κ1) is 14.2. The van der Waals surface area contributed by atoms with E-state index in [1.807, 2.05) is 6.92 Å². The summed E-state index contributed by atoms with van der Waals surface area (Å²) in [5.74, 6) is 0.372. The quantitative estimate of drug-likeness (QED) is 0.469. The molecule has 0 amide bonds. The van der Waals surface area contributed by atoms with Gasteiger partial charge in [0.15, 0.2) is 10.2 Å². The van der Waals surface area contributed by atoms with Gasteiger partial charge in [0, 0.05) is 6.54 Å². The molecule has 0 spiro atoms. The van der Waals surface area contributed by atoms with Crippen LogP contribution in [0.2, 0.25) is 0 Å². The molecule has 0 aliphatic heterocycles. The lowest BCUT2D eigenvalue weighted by Gasteiger charge is -2.07. The zero-order valence-electron chi connectivity index (χ0n) is 11.0.